The summed E-state index contributed by atoms with van der Waals surface area (Å²) in [6, 6.07) is 9.91. The summed E-state index contributed by atoms with van der Waals surface area (Å²) < 4.78 is 21.6. The van der Waals surface area contributed by atoms with E-state index in [1.54, 1.807) is 19.2 Å². The molecule has 2 N–H and O–H groups in total. The normalized spacial score (nSPS) is 10.1. The smallest absolute Gasteiger partial charge is 0.338 e. The van der Waals surface area contributed by atoms with Gasteiger partial charge in [0.05, 0.1) is 24.3 Å². The van der Waals surface area contributed by atoms with E-state index < -0.39 is 11.9 Å². The van der Waals surface area contributed by atoms with Crippen molar-refractivity contribution in [3.63, 3.8) is 0 Å². The van der Waals surface area contributed by atoms with E-state index >= 15 is 0 Å². The van der Waals surface area contributed by atoms with Crippen molar-refractivity contribution in [2.75, 3.05) is 20.8 Å². The summed E-state index contributed by atoms with van der Waals surface area (Å²) in [4.78, 5) is 23.0. The van der Waals surface area contributed by atoms with Gasteiger partial charge in [-0.05, 0) is 51.8 Å². The summed E-state index contributed by atoms with van der Waals surface area (Å²) in [7, 11) is 3.00. The van der Waals surface area contributed by atoms with E-state index in [9.17, 15) is 9.59 Å². The van der Waals surface area contributed by atoms with Crippen LogP contribution < -0.4 is 19.9 Å². The lowest BCUT2D eigenvalue weighted by Gasteiger charge is -2.11. The minimum absolute atomic E-state index is 0.101. The lowest BCUT2D eigenvalue weighted by molar-refractivity contribution is -0.119. The summed E-state index contributed by atoms with van der Waals surface area (Å²) in [6.45, 7) is -0.184. The number of primary amides is 1. The quantitative estimate of drug-likeness (QED) is 0.655. The predicted octanol–water partition coefficient (Wildman–Crippen LogP) is 2.69. The van der Waals surface area contributed by atoms with Crippen molar-refractivity contribution in [1.82, 2.24) is 0 Å². The number of esters is 1. The van der Waals surface area contributed by atoms with Gasteiger partial charge < -0.3 is 24.7 Å². The average molecular weight is 424 g/mol. The van der Waals surface area contributed by atoms with Crippen LogP contribution in [0.25, 0.3) is 0 Å². The molecule has 2 aromatic carbocycles. The number of halogens is 1. The largest absolute Gasteiger partial charge is 0.496 e. The Morgan fingerprint density at radius 2 is 1.69 bits per heavy atom. The number of amides is 1. The van der Waals surface area contributed by atoms with E-state index in [4.69, 9.17) is 24.7 Å². The van der Waals surface area contributed by atoms with Gasteiger partial charge >= 0.3 is 5.97 Å². The van der Waals surface area contributed by atoms with Gasteiger partial charge in [0, 0.05) is 0 Å². The van der Waals surface area contributed by atoms with E-state index in [0.29, 0.717) is 22.8 Å². The number of rotatable bonds is 8. The fraction of sp³-hybridized carbons (Fsp3) is 0.222. The molecule has 0 bridgehead atoms. The van der Waals surface area contributed by atoms with Crippen LogP contribution in [0.4, 0.5) is 0 Å². The second-order valence-electron chi connectivity index (χ2n) is 5.17. The van der Waals surface area contributed by atoms with Crippen molar-refractivity contribution in [3.05, 3.63) is 52.0 Å². The molecule has 0 unspecified atom stereocenters. The van der Waals surface area contributed by atoms with Gasteiger partial charge in [-0.3, -0.25) is 4.79 Å². The van der Waals surface area contributed by atoms with Gasteiger partial charge in [-0.1, -0.05) is 6.07 Å². The molecule has 2 aromatic rings. The number of methoxy groups -OCH3 is 2. The van der Waals surface area contributed by atoms with Crippen molar-refractivity contribution >= 4 is 27.8 Å². The molecule has 0 aromatic heterocycles. The molecular weight excluding hydrogens is 406 g/mol. The van der Waals surface area contributed by atoms with Crippen LogP contribution in [0.5, 0.6) is 17.2 Å². The second-order valence-corrected chi connectivity index (χ2v) is 6.02. The molecule has 7 nitrogen and oxygen atoms in total. The molecule has 0 atom stereocenters. The van der Waals surface area contributed by atoms with Crippen molar-refractivity contribution in [2.24, 2.45) is 5.73 Å². The van der Waals surface area contributed by atoms with Crippen LogP contribution in [0.3, 0.4) is 0 Å². The number of carbonyl (C=O) groups is 2. The molecule has 0 saturated carbocycles. The van der Waals surface area contributed by atoms with Crippen LogP contribution in [-0.2, 0) is 16.1 Å². The third kappa shape index (κ3) is 5.13. The standard InChI is InChI=1S/C18H18BrNO6/c1-23-14-5-3-11(7-13(14)19)9-26-18(22)12-4-6-15(16(8-12)24-2)25-10-17(20)21/h3-8H,9-10H2,1-2H3,(H2,20,21). The van der Waals surface area contributed by atoms with E-state index in [1.807, 2.05) is 6.07 Å². The molecule has 8 heteroatoms. The maximum atomic E-state index is 12.2. The summed E-state index contributed by atoms with van der Waals surface area (Å²) in [5, 5.41) is 0. The minimum atomic E-state index is -0.610. The van der Waals surface area contributed by atoms with Gasteiger partial charge in [0.1, 0.15) is 12.4 Å². The van der Waals surface area contributed by atoms with Gasteiger partial charge in [0.25, 0.3) is 5.91 Å². The Kier molecular flexibility index (Phi) is 6.85. The molecule has 26 heavy (non-hydrogen) atoms. The zero-order chi connectivity index (χ0) is 19.1. The highest BCUT2D eigenvalue weighted by Gasteiger charge is 2.13. The number of nitrogens with two attached hydrogens (primary N) is 1. The molecule has 138 valence electrons. The topological polar surface area (TPSA) is 97.1 Å². The Labute approximate surface area is 159 Å². The fourth-order valence-electron chi connectivity index (χ4n) is 2.09. The number of hydrogen-bond donors (Lipinski definition) is 1. The third-order valence-corrected chi connectivity index (χ3v) is 3.98. The van der Waals surface area contributed by atoms with Crippen molar-refractivity contribution in [1.29, 1.82) is 0 Å². The van der Waals surface area contributed by atoms with Crippen LogP contribution in [0.1, 0.15) is 15.9 Å². The van der Waals surface area contributed by atoms with E-state index in [-0.39, 0.29) is 13.2 Å². The number of hydrogen-bond acceptors (Lipinski definition) is 6. The Balaban J connectivity index is 2.04. The molecule has 0 fully saturated rings. The number of carbonyl (C=O) groups excluding carboxylic acids is 2. The van der Waals surface area contributed by atoms with Crippen LogP contribution >= 0.6 is 15.9 Å². The zero-order valence-electron chi connectivity index (χ0n) is 14.3. The highest BCUT2D eigenvalue weighted by atomic mass is 79.9. The average Bonchev–Trinajstić information content (AvgIpc) is 2.64. The van der Waals surface area contributed by atoms with Crippen LogP contribution in [-0.4, -0.2) is 32.7 Å². The molecule has 0 radical (unpaired) electrons. The Morgan fingerprint density at radius 1 is 1.00 bits per heavy atom. The molecule has 0 heterocycles. The molecule has 0 saturated heterocycles. The first kappa shape index (κ1) is 19.6. The molecule has 0 aliphatic carbocycles. The Hall–Kier alpha value is -2.74. The lowest BCUT2D eigenvalue weighted by Crippen LogP contribution is -2.20. The van der Waals surface area contributed by atoms with Gasteiger partial charge in [-0.15, -0.1) is 0 Å². The van der Waals surface area contributed by atoms with Gasteiger partial charge in [-0.25, -0.2) is 4.79 Å². The van der Waals surface area contributed by atoms with Gasteiger partial charge in [0.2, 0.25) is 0 Å². The first-order valence-corrected chi connectivity index (χ1v) is 8.32. The van der Waals surface area contributed by atoms with Crippen molar-refractivity contribution in [2.45, 2.75) is 6.61 Å². The lowest BCUT2D eigenvalue weighted by atomic mass is 10.2. The Bertz CT molecular complexity index is 808. The fourth-order valence-corrected chi connectivity index (χ4v) is 2.68. The summed E-state index contributed by atoms with van der Waals surface area (Å²) in [5.74, 6) is 0.170. The first-order valence-electron chi connectivity index (χ1n) is 7.53. The predicted molar refractivity (Wildman–Crippen MR) is 97.5 cm³/mol. The molecule has 1 amide bonds. The molecule has 2 rings (SSSR count). The highest BCUT2D eigenvalue weighted by Crippen LogP contribution is 2.29. The van der Waals surface area contributed by atoms with Crippen LogP contribution in [0.2, 0.25) is 0 Å². The summed E-state index contributed by atoms with van der Waals surface area (Å²) in [6.07, 6.45) is 0. The SMILES string of the molecule is COc1ccc(COC(=O)c2ccc(OCC(N)=O)c(OC)c2)cc1Br. The highest BCUT2D eigenvalue weighted by molar-refractivity contribution is 9.10. The molecule has 0 aliphatic rings. The number of benzene rings is 2. The molecular formula is C18H18BrNO6. The maximum Gasteiger partial charge on any atom is 0.338 e. The third-order valence-electron chi connectivity index (χ3n) is 3.36. The monoisotopic (exact) mass is 423 g/mol. The minimum Gasteiger partial charge on any atom is -0.496 e. The van der Waals surface area contributed by atoms with E-state index in [2.05, 4.69) is 15.9 Å². The van der Waals surface area contributed by atoms with Crippen LogP contribution in [0.15, 0.2) is 40.9 Å². The van der Waals surface area contributed by atoms with Crippen LogP contribution in [0, 0.1) is 0 Å². The van der Waals surface area contributed by atoms with E-state index in [0.717, 1.165) is 10.0 Å². The summed E-state index contributed by atoms with van der Waals surface area (Å²) >= 11 is 3.38. The first-order chi connectivity index (χ1) is 12.4. The Morgan fingerprint density at radius 3 is 2.31 bits per heavy atom. The molecule has 0 aliphatic heterocycles. The van der Waals surface area contributed by atoms with E-state index in [1.165, 1.54) is 25.3 Å². The zero-order valence-corrected chi connectivity index (χ0v) is 15.9. The van der Waals surface area contributed by atoms with Crippen molar-refractivity contribution in [3.8, 4) is 17.2 Å². The van der Waals surface area contributed by atoms with Gasteiger partial charge in [0.15, 0.2) is 18.1 Å². The van der Waals surface area contributed by atoms with Gasteiger partial charge in [-0.2, -0.15) is 0 Å². The molecule has 0 spiro atoms. The number of ether oxygens (including phenoxy) is 4. The summed E-state index contributed by atoms with van der Waals surface area (Å²) in [5.41, 5.74) is 6.14. The van der Waals surface area contributed by atoms with Crippen molar-refractivity contribution < 1.29 is 28.5 Å². The maximum absolute atomic E-state index is 12.2. The second kappa shape index (κ2) is 9.10.